The van der Waals surface area contributed by atoms with Crippen molar-refractivity contribution in [2.45, 2.75) is 12.1 Å². The van der Waals surface area contributed by atoms with Crippen LogP contribution >= 0.6 is 0 Å². The van der Waals surface area contributed by atoms with Gasteiger partial charge in [-0.05, 0) is 6.07 Å². The second-order valence-electron chi connectivity index (χ2n) is 5.42. The minimum Gasteiger partial charge on any atom is -0.346 e. The summed E-state index contributed by atoms with van der Waals surface area (Å²) >= 11 is 0. The Labute approximate surface area is 125 Å². The van der Waals surface area contributed by atoms with Crippen molar-refractivity contribution < 1.29 is 4.39 Å². The molecule has 0 atom stereocenters. The fourth-order valence-electron chi connectivity index (χ4n) is 2.70. The zero-order valence-corrected chi connectivity index (χ0v) is 11.6. The van der Waals surface area contributed by atoms with Crippen LogP contribution in [-0.4, -0.2) is 43.6 Å². The smallest absolute Gasteiger partial charge is 0.161 e. The number of nitriles is 1. The second-order valence-corrected chi connectivity index (χ2v) is 5.42. The summed E-state index contributed by atoms with van der Waals surface area (Å²) in [5.41, 5.74) is 0.952. The molecule has 0 amide bonds. The lowest BCUT2D eigenvalue weighted by atomic mass is 9.95. The van der Waals surface area contributed by atoms with Crippen molar-refractivity contribution in [3.8, 4) is 17.3 Å². The lowest BCUT2D eigenvalue weighted by molar-refractivity contribution is 0.0964. The number of nitrogens with one attached hydrogen (secondary N) is 1. The summed E-state index contributed by atoms with van der Waals surface area (Å²) in [4.78, 5) is 13.1. The van der Waals surface area contributed by atoms with Gasteiger partial charge in [0.2, 0.25) is 0 Å². The van der Waals surface area contributed by atoms with Crippen molar-refractivity contribution in [3.05, 3.63) is 31.0 Å². The van der Waals surface area contributed by atoms with E-state index in [0.29, 0.717) is 0 Å². The van der Waals surface area contributed by atoms with Gasteiger partial charge in [0, 0.05) is 17.1 Å². The van der Waals surface area contributed by atoms with Crippen LogP contribution in [0.3, 0.4) is 0 Å². The molecule has 0 unspecified atom stereocenters. The van der Waals surface area contributed by atoms with Gasteiger partial charge < -0.3 is 4.98 Å². The van der Waals surface area contributed by atoms with Crippen LogP contribution in [0.4, 0.5) is 4.39 Å². The average Bonchev–Trinajstić information content (AvgIpc) is 3.13. The van der Waals surface area contributed by atoms with Crippen molar-refractivity contribution in [1.29, 1.82) is 5.26 Å². The van der Waals surface area contributed by atoms with E-state index in [1.807, 2.05) is 18.3 Å². The Balaban J connectivity index is 1.61. The fourth-order valence-corrected chi connectivity index (χ4v) is 2.70. The van der Waals surface area contributed by atoms with Gasteiger partial charge >= 0.3 is 0 Å². The molecule has 3 aromatic heterocycles. The van der Waals surface area contributed by atoms with Crippen LogP contribution < -0.4 is 5.01 Å². The van der Waals surface area contributed by atoms with Crippen molar-refractivity contribution in [2.75, 3.05) is 18.1 Å². The Morgan fingerprint density at radius 3 is 3.09 bits per heavy atom. The number of H-pyrrole nitrogens is 1. The van der Waals surface area contributed by atoms with Crippen molar-refractivity contribution >= 4 is 11.0 Å². The van der Waals surface area contributed by atoms with Crippen LogP contribution in [0.2, 0.25) is 0 Å². The molecule has 1 saturated heterocycles. The molecular formula is C14H12FN7. The van der Waals surface area contributed by atoms with E-state index >= 15 is 0 Å². The van der Waals surface area contributed by atoms with Gasteiger partial charge in [-0.2, -0.15) is 15.2 Å². The van der Waals surface area contributed by atoms with Crippen molar-refractivity contribution in [2.24, 2.45) is 0 Å². The van der Waals surface area contributed by atoms with E-state index in [2.05, 4.69) is 20.1 Å². The van der Waals surface area contributed by atoms with Gasteiger partial charge in [-0.3, -0.25) is 5.01 Å². The molecule has 4 heterocycles. The Morgan fingerprint density at radius 2 is 2.27 bits per heavy atom. The first-order valence-electron chi connectivity index (χ1n) is 6.83. The third-order valence-electron chi connectivity index (χ3n) is 3.81. The van der Waals surface area contributed by atoms with E-state index in [1.165, 1.54) is 6.33 Å². The minimum atomic E-state index is -1.43. The lowest BCUT2D eigenvalue weighted by Gasteiger charge is -2.43. The van der Waals surface area contributed by atoms with Crippen LogP contribution in [0, 0.1) is 11.3 Å². The van der Waals surface area contributed by atoms with Crippen molar-refractivity contribution in [3.63, 3.8) is 0 Å². The van der Waals surface area contributed by atoms with Crippen LogP contribution in [0.25, 0.3) is 22.3 Å². The third-order valence-corrected chi connectivity index (χ3v) is 3.81. The predicted molar refractivity (Wildman–Crippen MR) is 77.1 cm³/mol. The summed E-state index contributed by atoms with van der Waals surface area (Å²) < 4.78 is 14.0. The summed E-state index contributed by atoms with van der Waals surface area (Å²) in [6, 6.07) is 3.79. The highest BCUT2D eigenvalue weighted by atomic mass is 19.1. The molecule has 0 spiro atoms. The monoisotopic (exact) mass is 297 g/mol. The van der Waals surface area contributed by atoms with Crippen LogP contribution in [-0.2, 0) is 0 Å². The SMILES string of the molecule is N#CCC1(F)CN(n2cc(-c3ncnc4[nH]ccc34)cn2)C1. The molecule has 22 heavy (non-hydrogen) atoms. The molecule has 3 aromatic rings. The highest BCUT2D eigenvalue weighted by Crippen LogP contribution is 2.29. The van der Waals surface area contributed by atoms with Gasteiger partial charge in [-0.15, -0.1) is 0 Å². The van der Waals surface area contributed by atoms with E-state index < -0.39 is 5.67 Å². The second kappa shape index (κ2) is 4.53. The molecular weight excluding hydrogens is 285 g/mol. The highest BCUT2D eigenvalue weighted by Gasteiger charge is 2.44. The van der Waals surface area contributed by atoms with E-state index in [-0.39, 0.29) is 19.5 Å². The number of rotatable bonds is 3. The summed E-state index contributed by atoms with van der Waals surface area (Å²) in [5, 5.41) is 15.5. The summed E-state index contributed by atoms with van der Waals surface area (Å²) in [7, 11) is 0. The normalized spacial score (nSPS) is 16.5. The molecule has 0 radical (unpaired) electrons. The molecule has 0 saturated carbocycles. The molecule has 1 fully saturated rings. The van der Waals surface area contributed by atoms with Gasteiger partial charge in [0.15, 0.2) is 5.67 Å². The Bertz CT molecular complexity index is 869. The Kier molecular flexibility index (Phi) is 2.63. The Morgan fingerprint density at radius 1 is 1.41 bits per heavy atom. The first-order valence-corrected chi connectivity index (χ1v) is 6.83. The maximum Gasteiger partial charge on any atom is 0.161 e. The number of aromatic nitrogens is 5. The number of hydrogen-bond acceptors (Lipinski definition) is 5. The standard InChI is InChI=1S/C14H12FN7/c15-14(2-3-16)7-21(8-14)22-6-10(5-20-22)12-11-1-4-17-13(11)19-9-18-12/h1,4-6,9H,2,7-8H2,(H,17,18,19). The van der Waals surface area contributed by atoms with E-state index in [1.54, 1.807) is 22.2 Å². The van der Waals surface area contributed by atoms with Gasteiger partial charge in [0.1, 0.15) is 12.0 Å². The topological polar surface area (TPSA) is 86.4 Å². The minimum absolute atomic E-state index is 0.0898. The fraction of sp³-hybridized carbons (Fsp3) is 0.286. The lowest BCUT2D eigenvalue weighted by Crippen LogP contribution is -2.63. The zero-order chi connectivity index (χ0) is 15.2. The molecule has 0 bridgehead atoms. The quantitative estimate of drug-likeness (QED) is 0.789. The van der Waals surface area contributed by atoms with E-state index in [9.17, 15) is 4.39 Å². The van der Waals surface area contributed by atoms with Gasteiger partial charge in [0.05, 0.1) is 43.7 Å². The molecule has 1 aliphatic heterocycles. The molecule has 0 aromatic carbocycles. The van der Waals surface area contributed by atoms with Gasteiger partial charge in [-0.1, -0.05) is 0 Å². The number of fused-ring (bicyclic) bond motifs is 1. The zero-order valence-electron chi connectivity index (χ0n) is 11.6. The maximum absolute atomic E-state index is 14.0. The van der Waals surface area contributed by atoms with Gasteiger partial charge in [-0.25, -0.2) is 14.4 Å². The summed E-state index contributed by atoms with van der Waals surface area (Å²) in [6.45, 7) is 0.343. The van der Waals surface area contributed by atoms with Crippen LogP contribution in [0.1, 0.15) is 6.42 Å². The third kappa shape index (κ3) is 1.90. The summed E-state index contributed by atoms with van der Waals surface area (Å²) in [5.74, 6) is 0. The average molecular weight is 297 g/mol. The van der Waals surface area contributed by atoms with Gasteiger partial charge in [0.25, 0.3) is 0 Å². The molecule has 7 nitrogen and oxygen atoms in total. The highest BCUT2D eigenvalue weighted by molar-refractivity contribution is 5.89. The number of halogens is 1. The van der Waals surface area contributed by atoms with Crippen LogP contribution in [0.5, 0.6) is 0 Å². The predicted octanol–water partition coefficient (Wildman–Crippen LogP) is 1.39. The number of aromatic amines is 1. The Hall–Kier alpha value is -2.95. The molecule has 110 valence electrons. The molecule has 1 N–H and O–H groups in total. The molecule has 1 aliphatic rings. The maximum atomic E-state index is 14.0. The number of nitrogens with zero attached hydrogens (tertiary/aromatic N) is 6. The largest absolute Gasteiger partial charge is 0.346 e. The number of hydrogen-bond donors (Lipinski definition) is 1. The van der Waals surface area contributed by atoms with Crippen molar-refractivity contribution in [1.82, 2.24) is 24.8 Å². The van der Waals surface area contributed by atoms with E-state index in [0.717, 1.165) is 22.3 Å². The first kappa shape index (κ1) is 12.8. The van der Waals surface area contributed by atoms with E-state index in [4.69, 9.17) is 5.26 Å². The summed E-state index contributed by atoms with van der Waals surface area (Å²) in [6.07, 6.45) is 6.71. The number of alkyl halides is 1. The van der Waals surface area contributed by atoms with Crippen LogP contribution in [0.15, 0.2) is 31.0 Å². The molecule has 8 heteroatoms. The molecule has 0 aliphatic carbocycles. The molecule has 4 rings (SSSR count). The first-order chi connectivity index (χ1) is 10.7.